The van der Waals surface area contributed by atoms with Gasteiger partial charge >= 0.3 is 0 Å². The van der Waals surface area contributed by atoms with Gasteiger partial charge in [-0.2, -0.15) is 0 Å². The maximum absolute atomic E-state index is 4.21. The van der Waals surface area contributed by atoms with Gasteiger partial charge in [0.1, 0.15) is 0 Å². The van der Waals surface area contributed by atoms with Gasteiger partial charge in [-0.15, -0.1) is 11.3 Å². The summed E-state index contributed by atoms with van der Waals surface area (Å²) in [5, 5.41) is 5.50. The Hall–Kier alpha value is -0.670. The van der Waals surface area contributed by atoms with E-state index in [1.54, 1.807) is 11.3 Å². The molecule has 78 valence electrons. The van der Waals surface area contributed by atoms with Crippen LogP contribution in [0.4, 0.5) is 0 Å². The van der Waals surface area contributed by atoms with E-state index < -0.39 is 0 Å². The SMILES string of the molecule is CC(=Cc1cscn1)CNC(C)(C)C. The van der Waals surface area contributed by atoms with E-state index in [0.717, 1.165) is 12.2 Å². The normalized spacial score (nSPS) is 13.3. The molecule has 0 aromatic carbocycles. The lowest BCUT2D eigenvalue weighted by molar-refractivity contribution is 0.445. The van der Waals surface area contributed by atoms with Gasteiger partial charge < -0.3 is 5.32 Å². The van der Waals surface area contributed by atoms with Crippen molar-refractivity contribution in [2.75, 3.05) is 6.54 Å². The van der Waals surface area contributed by atoms with Gasteiger partial charge in [0.15, 0.2) is 0 Å². The Morgan fingerprint density at radius 1 is 1.57 bits per heavy atom. The van der Waals surface area contributed by atoms with Gasteiger partial charge in [0.05, 0.1) is 11.2 Å². The molecule has 2 nitrogen and oxygen atoms in total. The summed E-state index contributed by atoms with van der Waals surface area (Å²) in [4.78, 5) is 4.21. The van der Waals surface area contributed by atoms with Gasteiger partial charge in [-0.3, -0.25) is 0 Å². The van der Waals surface area contributed by atoms with Crippen molar-refractivity contribution in [1.29, 1.82) is 0 Å². The molecular weight excluding hydrogens is 192 g/mol. The summed E-state index contributed by atoms with van der Waals surface area (Å²) < 4.78 is 0. The highest BCUT2D eigenvalue weighted by Gasteiger charge is 2.07. The number of hydrogen-bond donors (Lipinski definition) is 1. The first kappa shape index (κ1) is 11.4. The van der Waals surface area contributed by atoms with E-state index in [1.165, 1.54) is 5.57 Å². The fourth-order valence-electron chi connectivity index (χ4n) is 1.00. The maximum Gasteiger partial charge on any atom is 0.0798 e. The van der Waals surface area contributed by atoms with Crippen LogP contribution in [0.5, 0.6) is 0 Å². The van der Waals surface area contributed by atoms with Crippen molar-refractivity contribution in [3.8, 4) is 0 Å². The standard InChI is InChI=1S/C11H18N2S/c1-9(6-13-11(2,3)4)5-10-7-14-8-12-10/h5,7-8,13H,6H2,1-4H3. The summed E-state index contributed by atoms with van der Waals surface area (Å²) in [6.07, 6.45) is 2.12. The van der Waals surface area contributed by atoms with E-state index in [1.807, 2.05) is 5.51 Å². The van der Waals surface area contributed by atoms with E-state index in [-0.39, 0.29) is 5.54 Å². The zero-order chi connectivity index (χ0) is 10.6. The van der Waals surface area contributed by atoms with Crippen LogP contribution in [-0.2, 0) is 0 Å². The van der Waals surface area contributed by atoms with Crippen molar-refractivity contribution in [2.24, 2.45) is 0 Å². The summed E-state index contributed by atoms with van der Waals surface area (Å²) in [7, 11) is 0. The van der Waals surface area contributed by atoms with Crippen molar-refractivity contribution in [2.45, 2.75) is 33.2 Å². The molecule has 0 radical (unpaired) electrons. The molecule has 0 saturated carbocycles. The summed E-state index contributed by atoms with van der Waals surface area (Å²) in [6, 6.07) is 0. The Labute approximate surface area is 90.1 Å². The summed E-state index contributed by atoms with van der Waals surface area (Å²) in [5.74, 6) is 0. The lowest BCUT2D eigenvalue weighted by atomic mass is 10.1. The molecule has 1 rings (SSSR count). The number of hydrogen-bond acceptors (Lipinski definition) is 3. The predicted molar refractivity (Wildman–Crippen MR) is 63.5 cm³/mol. The van der Waals surface area contributed by atoms with Crippen LogP contribution in [0.15, 0.2) is 16.5 Å². The second-order valence-electron chi connectivity index (χ2n) is 4.51. The third-order valence-electron chi connectivity index (χ3n) is 1.74. The molecule has 0 atom stereocenters. The summed E-state index contributed by atoms with van der Waals surface area (Å²) >= 11 is 1.63. The number of aromatic nitrogens is 1. The molecule has 0 saturated heterocycles. The highest BCUT2D eigenvalue weighted by molar-refractivity contribution is 7.07. The van der Waals surface area contributed by atoms with Gasteiger partial charge in [-0.25, -0.2) is 4.98 Å². The van der Waals surface area contributed by atoms with Crippen molar-refractivity contribution in [3.63, 3.8) is 0 Å². The average Bonchev–Trinajstić information content (AvgIpc) is 2.52. The molecule has 0 fully saturated rings. The molecule has 1 aromatic rings. The molecule has 0 bridgehead atoms. The Morgan fingerprint density at radius 3 is 2.79 bits per heavy atom. The minimum absolute atomic E-state index is 0.178. The van der Waals surface area contributed by atoms with Gasteiger partial charge in [0, 0.05) is 17.5 Å². The maximum atomic E-state index is 4.21. The van der Waals surface area contributed by atoms with Crippen LogP contribution in [0, 0.1) is 0 Å². The topological polar surface area (TPSA) is 24.9 Å². The Kier molecular flexibility index (Phi) is 3.84. The van der Waals surface area contributed by atoms with Gasteiger partial charge in [-0.05, 0) is 33.8 Å². The van der Waals surface area contributed by atoms with E-state index >= 15 is 0 Å². The average molecular weight is 210 g/mol. The van der Waals surface area contributed by atoms with E-state index in [0.29, 0.717) is 0 Å². The zero-order valence-electron chi connectivity index (χ0n) is 9.29. The predicted octanol–water partition coefficient (Wildman–Crippen LogP) is 2.93. The van der Waals surface area contributed by atoms with Crippen molar-refractivity contribution >= 4 is 17.4 Å². The first-order valence-corrected chi connectivity index (χ1v) is 5.72. The number of nitrogens with zero attached hydrogens (tertiary/aromatic N) is 1. The van der Waals surface area contributed by atoms with Crippen LogP contribution in [0.1, 0.15) is 33.4 Å². The van der Waals surface area contributed by atoms with Gasteiger partial charge in [0.2, 0.25) is 0 Å². The second-order valence-corrected chi connectivity index (χ2v) is 5.23. The monoisotopic (exact) mass is 210 g/mol. The van der Waals surface area contributed by atoms with Crippen molar-refractivity contribution < 1.29 is 0 Å². The molecule has 1 aromatic heterocycles. The summed E-state index contributed by atoms with van der Waals surface area (Å²) in [6.45, 7) is 9.55. The Balaban J connectivity index is 2.46. The van der Waals surface area contributed by atoms with Crippen molar-refractivity contribution in [3.05, 3.63) is 22.2 Å². The van der Waals surface area contributed by atoms with Crippen LogP contribution in [-0.4, -0.2) is 17.1 Å². The third-order valence-corrected chi connectivity index (χ3v) is 2.35. The van der Waals surface area contributed by atoms with Gasteiger partial charge in [-0.1, -0.05) is 5.57 Å². The summed E-state index contributed by atoms with van der Waals surface area (Å²) in [5.41, 5.74) is 4.40. The lowest BCUT2D eigenvalue weighted by Crippen LogP contribution is -2.36. The van der Waals surface area contributed by atoms with Crippen LogP contribution in [0.2, 0.25) is 0 Å². The van der Waals surface area contributed by atoms with E-state index in [2.05, 4.69) is 49.5 Å². The smallest absolute Gasteiger partial charge is 0.0798 e. The molecule has 0 aliphatic rings. The second kappa shape index (κ2) is 4.71. The molecule has 14 heavy (non-hydrogen) atoms. The van der Waals surface area contributed by atoms with E-state index in [4.69, 9.17) is 0 Å². The fourth-order valence-corrected chi connectivity index (χ4v) is 1.51. The zero-order valence-corrected chi connectivity index (χ0v) is 10.1. The number of thiazole rings is 1. The van der Waals surface area contributed by atoms with Crippen LogP contribution in [0.25, 0.3) is 6.08 Å². The van der Waals surface area contributed by atoms with Crippen LogP contribution >= 0.6 is 11.3 Å². The molecule has 1 heterocycles. The molecule has 0 spiro atoms. The largest absolute Gasteiger partial charge is 0.308 e. The Bertz CT molecular complexity index is 294. The minimum atomic E-state index is 0.178. The van der Waals surface area contributed by atoms with Crippen LogP contribution in [0.3, 0.4) is 0 Å². The quantitative estimate of drug-likeness (QED) is 0.829. The highest BCUT2D eigenvalue weighted by Crippen LogP contribution is 2.07. The molecule has 0 aliphatic heterocycles. The first-order chi connectivity index (χ1) is 6.47. The molecule has 3 heteroatoms. The molecule has 0 amide bonds. The van der Waals surface area contributed by atoms with E-state index in [9.17, 15) is 0 Å². The number of nitrogens with one attached hydrogen (secondary N) is 1. The first-order valence-electron chi connectivity index (χ1n) is 4.78. The number of rotatable bonds is 3. The van der Waals surface area contributed by atoms with Crippen molar-refractivity contribution in [1.82, 2.24) is 10.3 Å². The van der Waals surface area contributed by atoms with Crippen LogP contribution < -0.4 is 5.32 Å². The van der Waals surface area contributed by atoms with Gasteiger partial charge in [0.25, 0.3) is 0 Å². The molecular formula is C11H18N2S. The molecule has 0 aliphatic carbocycles. The molecule has 1 N–H and O–H groups in total. The lowest BCUT2D eigenvalue weighted by Gasteiger charge is -2.20. The third kappa shape index (κ3) is 4.53. The minimum Gasteiger partial charge on any atom is -0.308 e. The molecule has 0 unspecified atom stereocenters. The Morgan fingerprint density at radius 2 is 2.29 bits per heavy atom. The fraction of sp³-hybridized carbons (Fsp3) is 0.545. The highest BCUT2D eigenvalue weighted by atomic mass is 32.1.